The van der Waals surface area contributed by atoms with Gasteiger partial charge < -0.3 is 14.2 Å². The second-order valence-electron chi connectivity index (χ2n) is 8.17. The third-order valence-corrected chi connectivity index (χ3v) is 5.74. The molecule has 5 rings (SSSR count). The van der Waals surface area contributed by atoms with Gasteiger partial charge in [-0.3, -0.25) is 4.79 Å². The van der Waals surface area contributed by atoms with E-state index in [-0.39, 0.29) is 30.4 Å². The van der Waals surface area contributed by atoms with Crippen LogP contribution in [0, 0.1) is 11.6 Å². The third-order valence-electron chi connectivity index (χ3n) is 5.74. The van der Waals surface area contributed by atoms with Gasteiger partial charge in [0.2, 0.25) is 17.6 Å². The molecule has 0 N–H and O–H groups in total. The summed E-state index contributed by atoms with van der Waals surface area (Å²) >= 11 is 0. The van der Waals surface area contributed by atoms with Crippen LogP contribution in [0.1, 0.15) is 29.4 Å². The van der Waals surface area contributed by atoms with E-state index >= 15 is 0 Å². The predicted octanol–water partition coefficient (Wildman–Crippen LogP) is 5.11. The molecule has 0 aliphatic carbocycles. The van der Waals surface area contributed by atoms with E-state index in [0.717, 1.165) is 22.9 Å². The SMILES string of the molecule is O=C1CC(c2nc(-c3ccc(OCc4ccccc4)cc3)no2)CN1Cc1ccc(F)cc1F. The van der Waals surface area contributed by atoms with Crippen molar-refractivity contribution in [2.75, 3.05) is 6.54 Å². The zero-order valence-electron chi connectivity index (χ0n) is 18.2. The van der Waals surface area contributed by atoms with Crippen LogP contribution in [0.2, 0.25) is 0 Å². The molecule has 34 heavy (non-hydrogen) atoms. The average molecular weight is 461 g/mol. The summed E-state index contributed by atoms with van der Waals surface area (Å²) < 4.78 is 38.3. The Hall–Kier alpha value is -4.07. The van der Waals surface area contributed by atoms with Gasteiger partial charge in [-0.1, -0.05) is 41.6 Å². The topological polar surface area (TPSA) is 68.5 Å². The number of benzene rings is 3. The summed E-state index contributed by atoms with van der Waals surface area (Å²) in [5, 5.41) is 4.05. The summed E-state index contributed by atoms with van der Waals surface area (Å²) in [5.41, 5.74) is 2.10. The van der Waals surface area contributed by atoms with Crippen LogP contribution in [0.4, 0.5) is 8.78 Å². The number of amides is 1. The highest BCUT2D eigenvalue weighted by Crippen LogP contribution is 2.30. The molecule has 1 fully saturated rings. The number of likely N-dealkylation sites (tertiary alicyclic amines) is 1. The lowest BCUT2D eigenvalue weighted by atomic mass is 10.1. The summed E-state index contributed by atoms with van der Waals surface area (Å²) in [4.78, 5) is 18.4. The van der Waals surface area contributed by atoms with Crippen LogP contribution < -0.4 is 4.74 Å². The molecule has 1 aliphatic rings. The molecular weight excluding hydrogens is 440 g/mol. The Labute approximate surface area is 194 Å². The van der Waals surface area contributed by atoms with Crippen LogP contribution in [0.25, 0.3) is 11.4 Å². The van der Waals surface area contributed by atoms with Gasteiger partial charge in [-0.05, 0) is 35.9 Å². The summed E-state index contributed by atoms with van der Waals surface area (Å²) in [6.07, 6.45) is 0.191. The van der Waals surface area contributed by atoms with Crippen LogP contribution in [0.3, 0.4) is 0 Å². The highest BCUT2D eigenvalue weighted by atomic mass is 19.1. The van der Waals surface area contributed by atoms with E-state index in [1.165, 1.54) is 17.0 Å². The van der Waals surface area contributed by atoms with Crippen LogP contribution in [0.5, 0.6) is 5.75 Å². The molecule has 1 unspecified atom stereocenters. The summed E-state index contributed by atoms with van der Waals surface area (Å²) in [6, 6.07) is 20.6. The first-order chi connectivity index (χ1) is 16.5. The monoisotopic (exact) mass is 461 g/mol. The maximum atomic E-state index is 14.0. The molecule has 0 bridgehead atoms. The van der Waals surface area contributed by atoms with E-state index in [2.05, 4.69) is 10.1 Å². The molecule has 1 amide bonds. The number of carbonyl (C=O) groups is 1. The predicted molar refractivity (Wildman–Crippen MR) is 120 cm³/mol. The van der Waals surface area contributed by atoms with Crippen molar-refractivity contribution in [2.45, 2.75) is 25.5 Å². The number of halogens is 2. The lowest BCUT2D eigenvalue weighted by Crippen LogP contribution is -2.25. The normalized spacial score (nSPS) is 15.6. The number of rotatable bonds is 7. The smallest absolute Gasteiger partial charge is 0.232 e. The maximum Gasteiger partial charge on any atom is 0.232 e. The van der Waals surface area contributed by atoms with Gasteiger partial charge in [0.05, 0.1) is 5.92 Å². The largest absolute Gasteiger partial charge is 0.489 e. The van der Waals surface area contributed by atoms with Crippen molar-refractivity contribution in [3.8, 4) is 17.1 Å². The summed E-state index contributed by atoms with van der Waals surface area (Å²) in [7, 11) is 0. The summed E-state index contributed by atoms with van der Waals surface area (Å²) in [6.45, 7) is 0.858. The zero-order valence-corrected chi connectivity index (χ0v) is 18.2. The highest BCUT2D eigenvalue weighted by Gasteiger charge is 2.34. The van der Waals surface area contributed by atoms with Crippen LogP contribution in [0.15, 0.2) is 77.3 Å². The first-order valence-electron chi connectivity index (χ1n) is 10.9. The van der Waals surface area contributed by atoms with Crippen molar-refractivity contribution in [3.05, 3.63) is 101 Å². The van der Waals surface area contributed by atoms with Gasteiger partial charge >= 0.3 is 0 Å². The molecule has 4 aromatic rings. The Morgan fingerprint density at radius 2 is 1.82 bits per heavy atom. The Bertz CT molecular complexity index is 1290. The molecule has 3 aromatic carbocycles. The molecule has 0 saturated carbocycles. The van der Waals surface area contributed by atoms with Crippen LogP contribution >= 0.6 is 0 Å². The van der Waals surface area contributed by atoms with Crippen LogP contribution in [-0.2, 0) is 17.9 Å². The number of nitrogens with zero attached hydrogens (tertiary/aromatic N) is 3. The van der Waals surface area contributed by atoms with Gasteiger partial charge in [-0.2, -0.15) is 4.98 Å². The summed E-state index contributed by atoms with van der Waals surface area (Å²) in [5.74, 6) is -0.260. The fraction of sp³-hybridized carbons (Fsp3) is 0.192. The van der Waals surface area contributed by atoms with E-state index < -0.39 is 11.6 Å². The van der Waals surface area contributed by atoms with Gasteiger partial charge in [-0.25, -0.2) is 8.78 Å². The lowest BCUT2D eigenvalue weighted by Gasteiger charge is -2.16. The number of hydrogen-bond acceptors (Lipinski definition) is 5. The van der Waals surface area contributed by atoms with E-state index in [1.807, 2.05) is 54.6 Å². The zero-order chi connectivity index (χ0) is 23.5. The Kier molecular flexibility index (Phi) is 6.03. The second kappa shape index (κ2) is 9.43. The third kappa shape index (κ3) is 4.80. The number of hydrogen-bond donors (Lipinski definition) is 0. The first-order valence-corrected chi connectivity index (χ1v) is 10.9. The molecule has 1 aromatic heterocycles. The van der Waals surface area contributed by atoms with E-state index in [1.54, 1.807) is 0 Å². The van der Waals surface area contributed by atoms with E-state index in [9.17, 15) is 13.6 Å². The van der Waals surface area contributed by atoms with Gasteiger partial charge in [0.25, 0.3) is 0 Å². The van der Waals surface area contributed by atoms with Crippen molar-refractivity contribution < 1.29 is 22.8 Å². The second-order valence-corrected chi connectivity index (χ2v) is 8.17. The molecule has 1 aliphatic heterocycles. The molecular formula is C26H21F2N3O3. The molecule has 6 nitrogen and oxygen atoms in total. The van der Waals surface area contributed by atoms with Crippen LogP contribution in [-0.4, -0.2) is 27.5 Å². The number of aromatic nitrogens is 2. The molecule has 0 radical (unpaired) electrons. The molecule has 1 saturated heterocycles. The fourth-order valence-electron chi connectivity index (χ4n) is 3.91. The maximum absolute atomic E-state index is 14.0. The molecule has 0 spiro atoms. The van der Waals surface area contributed by atoms with E-state index in [0.29, 0.717) is 24.9 Å². The first kappa shape index (κ1) is 21.8. The Morgan fingerprint density at radius 3 is 2.59 bits per heavy atom. The van der Waals surface area contributed by atoms with Gasteiger partial charge in [0.1, 0.15) is 24.0 Å². The minimum atomic E-state index is -0.674. The highest BCUT2D eigenvalue weighted by molar-refractivity contribution is 5.79. The quantitative estimate of drug-likeness (QED) is 0.383. The number of ether oxygens (including phenoxy) is 1. The molecule has 172 valence electrons. The lowest BCUT2D eigenvalue weighted by molar-refractivity contribution is -0.128. The average Bonchev–Trinajstić information content (AvgIpc) is 3.48. The minimum absolute atomic E-state index is 0.0624. The van der Waals surface area contributed by atoms with Gasteiger partial charge in [0.15, 0.2) is 0 Å². The van der Waals surface area contributed by atoms with Crippen molar-refractivity contribution in [2.24, 2.45) is 0 Å². The van der Waals surface area contributed by atoms with E-state index in [4.69, 9.17) is 9.26 Å². The van der Waals surface area contributed by atoms with Gasteiger partial charge in [0, 0.05) is 36.7 Å². The Balaban J connectivity index is 1.22. The van der Waals surface area contributed by atoms with Crippen molar-refractivity contribution in [3.63, 3.8) is 0 Å². The van der Waals surface area contributed by atoms with Crippen molar-refractivity contribution in [1.82, 2.24) is 15.0 Å². The Morgan fingerprint density at radius 1 is 1.03 bits per heavy atom. The molecule has 8 heteroatoms. The number of carbonyl (C=O) groups excluding carboxylic acids is 1. The molecule has 1 atom stereocenters. The van der Waals surface area contributed by atoms with Gasteiger partial charge in [-0.15, -0.1) is 0 Å². The standard InChI is InChI=1S/C26H21F2N3O3/c27-21-9-6-19(23(28)13-21)14-31-15-20(12-24(31)32)26-29-25(30-34-26)18-7-10-22(11-8-18)33-16-17-4-2-1-3-5-17/h1-11,13,20H,12,14-16H2. The molecule has 2 heterocycles. The van der Waals surface area contributed by atoms with Crippen molar-refractivity contribution >= 4 is 5.91 Å². The minimum Gasteiger partial charge on any atom is -0.489 e. The fourth-order valence-corrected chi connectivity index (χ4v) is 3.91. The van der Waals surface area contributed by atoms with Crippen molar-refractivity contribution in [1.29, 1.82) is 0 Å².